The number of nitrogens with one attached hydrogen (secondary N) is 1. The molecule has 236 valence electrons. The number of amides is 1. The van der Waals surface area contributed by atoms with Gasteiger partial charge in [-0.2, -0.15) is 23.5 Å². The average molecular weight is 630 g/mol. The fourth-order valence-corrected chi connectivity index (χ4v) is 6.20. The SMILES string of the molecule is N#CCC1(n2cc(-c3ncnc4[nH]ccc34)cn2)CN(C2(N)C(N)(N)CN(C(=O)c3ccnc(C(F)(F)F)c3F)CC2(N)O)C1. The number of hydrogen-bond acceptors (Lipinski definition) is 12. The number of rotatable bonds is 5. The van der Waals surface area contributed by atoms with E-state index < -0.39 is 64.8 Å². The smallest absolute Gasteiger partial charge is 0.371 e. The van der Waals surface area contributed by atoms with Crippen molar-refractivity contribution in [1.29, 1.82) is 5.26 Å². The second-order valence-corrected chi connectivity index (χ2v) is 11.5. The van der Waals surface area contributed by atoms with E-state index in [1.807, 2.05) is 6.07 Å². The Bertz CT molecular complexity index is 1820. The van der Waals surface area contributed by atoms with E-state index in [0.29, 0.717) is 23.1 Å². The minimum Gasteiger partial charge on any atom is -0.371 e. The molecular formula is C26H27F4N13O2. The van der Waals surface area contributed by atoms with Gasteiger partial charge in [-0.15, -0.1) is 0 Å². The number of aromatic nitrogens is 6. The highest BCUT2D eigenvalue weighted by Gasteiger charge is 2.68. The Morgan fingerprint density at radius 3 is 2.51 bits per heavy atom. The Morgan fingerprint density at radius 1 is 1.11 bits per heavy atom. The molecule has 0 aromatic carbocycles. The van der Waals surface area contributed by atoms with E-state index in [1.54, 1.807) is 23.3 Å². The molecule has 2 saturated heterocycles. The molecule has 0 bridgehead atoms. The van der Waals surface area contributed by atoms with Gasteiger partial charge in [-0.3, -0.25) is 20.1 Å². The number of aromatic amines is 1. The van der Waals surface area contributed by atoms with Crippen LogP contribution in [0.25, 0.3) is 22.3 Å². The molecule has 2 unspecified atom stereocenters. The molecular weight excluding hydrogens is 602 g/mol. The first-order valence-electron chi connectivity index (χ1n) is 13.4. The van der Waals surface area contributed by atoms with Crippen LogP contribution in [0.3, 0.4) is 0 Å². The Kier molecular flexibility index (Phi) is 6.74. The molecule has 0 aliphatic carbocycles. The summed E-state index contributed by atoms with van der Waals surface area (Å²) in [6.07, 6.45) is 1.84. The molecule has 6 rings (SSSR count). The lowest BCUT2D eigenvalue weighted by molar-refractivity contribution is -0.219. The van der Waals surface area contributed by atoms with Crippen molar-refractivity contribution in [3.05, 3.63) is 60.3 Å². The summed E-state index contributed by atoms with van der Waals surface area (Å²) in [5, 5.41) is 26.4. The van der Waals surface area contributed by atoms with Gasteiger partial charge in [0.2, 0.25) is 0 Å². The molecule has 2 aliphatic heterocycles. The number of nitriles is 1. The summed E-state index contributed by atoms with van der Waals surface area (Å²) in [4.78, 5) is 29.9. The maximum absolute atomic E-state index is 14.7. The lowest BCUT2D eigenvalue weighted by Gasteiger charge is -2.66. The van der Waals surface area contributed by atoms with Crippen molar-refractivity contribution in [3.63, 3.8) is 0 Å². The standard InChI is InChI=1S/C26H27F4N13O2/c27-17-15(1-5-36-19(17)25(28,29)30)21(44)41-11-23(32,33)26(35,24(34,45)12-41)42-9-22(10-42,3-4-31)43-8-14(7-40-43)18-16-2-6-37-20(16)39-13-38-18/h1-2,5-8,13,45H,3,9-12,32-35H2,(H,37,38,39). The molecule has 4 aromatic rings. The van der Waals surface area contributed by atoms with E-state index in [4.69, 9.17) is 22.9 Å². The predicted molar refractivity (Wildman–Crippen MR) is 147 cm³/mol. The lowest BCUT2D eigenvalue weighted by atomic mass is 9.73. The van der Waals surface area contributed by atoms with Crippen LogP contribution < -0.4 is 22.9 Å². The van der Waals surface area contributed by atoms with Crippen molar-refractivity contribution >= 4 is 16.9 Å². The van der Waals surface area contributed by atoms with Crippen molar-refractivity contribution in [2.24, 2.45) is 22.9 Å². The van der Waals surface area contributed by atoms with Gasteiger partial charge in [0.25, 0.3) is 5.91 Å². The molecule has 0 spiro atoms. The molecule has 19 heteroatoms. The number of fused-ring (bicyclic) bond motifs is 1. The summed E-state index contributed by atoms with van der Waals surface area (Å²) in [5.74, 6) is -3.17. The maximum atomic E-state index is 14.7. The summed E-state index contributed by atoms with van der Waals surface area (Å²) in [5.41, 5.74) is 16.9. The first-order chi connectivity index (χ1) is 21.0. The van der Waals surface area contributed by atoms with Gasteiger partial charge in [-0.05, 0) is 12.1 Å². The second kappa shape index (κ2) is 9.96. The summed E-state index contributed by atoms with van der Waals surface area (Å²) in [6, 6.07) is 4.71. The molecule has 1 amide bonds. The number of aliphatic hydroxyl groups is 1. The van der Waals surface area contributed by atoms with Gasteiger partial charge in [0.15, 0.2) is 17.2 Å². The lowest BCUT2D eigenvalue weighted by Crippen LogP contribution is -2.96. The summed E-state index contributed by atoms with van der Waals surface area (Å²) < 4.78 is 55.9. The van der Waals surface area contributed by atoms with Crippen LogP contribution >= 0.6 is 0 Å². The summed E-state index contributed by atoms with van der Waals surface area (Å²) in [6.45, 7) is -1.42. The molecule has 45 heavy (non-hydrogen) atoms. The van der Waals surface area contributed by atoms with Crippen molar-refractivity contribution in [2.45, 2.75) is 35.2 Å². The van der Waals surface area contributed by atoms with Gasteiger partial charge in [0, 0.05) is 42.6 Å². The molecule has 2 fully saturated rings. The predicted octanol–water partition coefficient (Wildman–Crippen LogP) is -0.629. The molecule has 10 N–H and O–H groups in total. The van der Waals surface area contributed by atoms with Crippen molar-refractivity contribution < 1.29 is 27.5 Å². The first kappa shape index (κ1) is 30.4. The van der Waals surface area contributed by atoms with E-state index in [2.05, 4.69) is 31.1 Å². The van der Waals surface area contributed by atoms with E-state index in [1.165, 1.54) is 11.2 Å². The van der Waals surface area contributed by atoms with Crippen LogP contribution in [0.1, 0.15) is 22.5 Å². The van der Waals surface area contributed by atoms with E-state index >= 15 is 0 Å². The van der Waals surface area contributed by atoms with Crippen molar-refractivity contribution in [1.82, 2.24) is 39.5 Å². The van der Waals surface area contributed by atoms with Gasteiger partial charge in [0.1, 0.15) is 28.8 Å². The number of pyridine rings is 1. The Morgan fingerprint density at radius 2 is 1.84 bits per heavy atom. The van der Waals surface area contributed by atoms with Gasteiger partial charge < -0.3 is 32.2 Å². The van der Waals surface area contributed by atoms with Crippen LogP contribution in [0, 0.1) is 17.1 Å². The second-order valence-electron chi connectivity index (χ2n) is 11.5. The highest BCUT2D eigenvalue weighted by Crippen LogP contribution is 2.43. The Balaban J connectivity index is 1.27. The fourth-order valence-electron chi connectivity index (χ4n) is 6.20. The van der Waals surface area contributed by atoms with Crippen molar-refractivity contribution in [3.8, 4) is 17.3 Å². The summed E-state index contributed by atoms with van der Waals surface area (Å²) >= 11 is 0. The monoisotopic (exact) mass is 629 g/mol. The molecule has 0 radical (unpaired) electrons. The highest BCUT2D eigenvalue weighted by atomic mass is 19.4. The number of carbonyl (C=O) groups excluding carboxylic acids is 1. The van der Waals surface area contributed by atoms with E-state index in [0.717, 1.165) is 16.4 Å². The fraction of sp³-hybridized carbons (Fsp3) is 0.385. The Labute approximate surface area is 251 Å². The van der Waals surface area contributed by atoms with Gasteiger partial charge >= 0.3 is 6.18 Å². The number of nitrogens with zero attached hydrogens (tertiary/aromatic N) is 8. The number of halogens is 4. The van der Waals surface area contributed by atoms with Crippen LogP contribution in [-0.2, 0) is 11.7 Å². The van der Waals surface area contributed by atoms with Gasteiger partial charge in [0.05, 0.1) is 43.0 Å². The molecule has 15 nitrogen and oxygen atoms in total. The third-order valence-corrected chi connectivity index (χ3v) is 8.50. The molecule has 2 atom stereocenters. The molecule has 0 saturated carbocycles. The van der Waals surface area contributed by atoms with Crippen LogP contribution in [0.15, 0.2) is 43.2 Å². The normalized spacial score (nSPS) is 24.8. The molecule has 6 heterocycles. The number of β-amino-alcohol motifs (C(OH)–C–C–N with tert-alkyl or cyclic N) is 1. The zero-order valence-electron chi connectivity index (χ0n) is 23.3. The van der Waals surface area contributed by atoms with Crippen LogP contribution in [-0.4, -0.2) is 93.8 Å². The number of hydrogen-bond donors (Lipinski definition) is 6. The quantitative estimate of drug-likeness (QED) is 0.119. The number of carbonyl (C=O) groups is 1. The third kappa shape index (κ3) is 4.53. The van der Waals surface area contributed by atoms with Gasteiger partial charge in [-0.25, -0.2) is 19.3 Å². The van der Waals surface area contributed by atoms with E-state index in [9.17, 15) is 32.7 Å². The minimum absolute atomic E-state index is 0.0148. The van der Waals surface area contributed by atoms with Crippen molar-refractivity contribution in [2.75, 3.05) is 26.2 Å². The number of H-pyrrole nitrogens is 1. The van der Waals surface area contributed by atoms with Crippen LogP contribution in [0.2, 0.25) is 0 Å². The number of piperidine rings is 1. The number of likely N-dealkylation sites (tertiary alicyclic amines) is 2. The number of nitrogens with two attached hydrogens (primary N) is 4. The maximum Gasteiger partial charge on any atom is 0.436 e. The number of alkyl halides is 3. The van der Waals surface area contributed by atoms with E-state index in [-0.39, 0.29) is 19.5 Å². The minimum atomic E-state index is -5.17. The van der Waals surface area contributed by atoms with Gasteiger partial charge in [-0.1, -0.05) is 0 Å². The molecule has 2 aliphatic rings. The average Bonchev–Trinajstić information content (AvgIpc) is 3.62. The van der Waals surface area contributed by atoms with Crippen LogP contribution in [0.4, 0.5) is 17.6 Å². The summed E-state index contributed by atoms with van der Waals surface area (Å²) in [7, 11) is 0. The molecule has 4 aromatic heterocycles. The zero-order chi connectivity index (χ0) is 32.6. The highest BCUT2D eigenvalue weighted by molar-refractivity contribution is 5.95. The third-order valence-electron chi connectivity index (χ3n) is 8.50. The largest absolute Gasteiger partial charge is 0.436 e. The zero-order valence-corrected chi connectivity index (χ0v) is 23.3. The topological polar surface area (TPSA) is 244 Å². The first-order valence-corrected chi connectivity index (χ1v) is 13.4. The Hall–Kier alpha value is -4.58. The van der Waals surface area contributed by atoms with Crippen LogP contribution in [0.5, 0.6) is 0 Å².